The Morgan fingerprint density at radius 1 is 1.10 bits per heavy atom. The van der Waals surface area contributed by atoms with Gasteiger partial charge in [0.2, 0.25) is 0 Å². The summed E-state index contributed by atoms with van der Waals surface area (Å²) in [4.78, 5) is 15.2. The molecule has 4 heteroatoms. The van der Waals surface area contributed by atoms with Gasteiger partial charge in [-0.25, -0.2) is 4.79 Å². The van der Waals surface area contributed by atoms with Crippen molar-refractivity contribution in [2.45, 2.75) is 6.61 Å². The van der Waals surface area contributed by atoms with E-state index >= 15 is 0 Å². The van der Waals surface area contributed by atoms with Crippen molar-refractivity contribution in [3.63, 3.8) is 0 Å². The Hall–Kier alpha value is -2.88. The zero-order valence-corrected chi connectivity index (χ0v) is 11.2. The van der Waals surface area contributed by atoms with Crippen LogP contribution in [0.1, 0.15) is 15.9 Å². The third kappa shape index (κ3) is 2.84. The molecule has 104 valence electrons. The molecule has 2 aromatic carbocycles. The number of ether oxygens (including phenoxy) is 1. The van der Waals surface area contributed by atoms with Gasteiger partial charge in [0.05, 0.1) is 11.1 Å². The highest BCUT2D eigenvalue weighted by molar-refractivity contribution is 5.87. The minimum atomic E-state index is -0.939. The first-order valence-corrected chi connectivity index (χ1v) is 6.53. The van der Waals surface area contributed by atoms with Crippen molar-refractivity contribution in [1.82, 2.24) is 4.98 Å². The Kier molecular flexibility index (Phi) is 3.51. The fraction of sp³-hybridized carbons (Fsp3) is 0.0588. The van der Waals surface area contributed by atoms with Gasteiger partial charge < -0.3 is 9.84 Å². The van der Waals surface area contributed by atoms with E-state index in [1.807, 2.05) is 36.4 Å². The van der Waals surface area contributed by atoms with Gasteiger partial charge in [-0.3, -0.25) is 4.98 Å². The SMILES string of the molecule is O=C(O)c1cccc(COc2cccc3ncccc23)c1. The standard InChI is InChI=1S/C17H13NO3/c19-17(20)13-5-1-4-12(10-13)11-21-16-8-2-7-15-14(16)6-3-9-18-15/h1-10H,11H2,(H,19,20). The number of nitrogens with zero attached hydrogens (tertiary/aromatic N) is 1. The van der Waals surface area contributed by atoms with E-state index in [9.17, 15) is 4.79 Å². The highest BCUT2D eigenvalue weighted by Crippen LogP contribution is 2.24. The number of aromatic carboxylic acids is 1. The molecule has 0 atom stereocenters. The maximum atomic E-state index is 11.0. The van der Waals surface area contributed by atoms with Gasteiger partial charge in [0.25, 0.3) is 0 Å². The van der Waals surface area contributed by atoms with Crippen LogP contribution in [0.15, 0.2) is 60.8 Å². The summed E-state index contributed by atoms with van der Waals surface area (Å²) in [5.41, 5.74) is 1.95. The molecule has 0 fully saturated rings. The zero-order chi connectivity index (χ0) is 14.7. The maximum Gasteiger partial charge on any atom is 0.335 e. The van der Waals surface area contributed by atoms with Crippen LogP contribution in [0.4, 0.5) is 0 Å². The molecule has 4 nitrogen and oxygen atoms in total. The summed E-state index contributed by atoms with van der Waals surface area (Å²) in [6.07, 6.45) is 1.74. The number of carboxylic acid groups (broad SMARTS) is 1. The number of fused-ring (bicyclic) bond motifs is 1. The minimum Gasteiger partial charge on any atom is -0.488 e. The first-order valence-electron chi connectivity index (χ1n) is 6.53. The molecular weight excluding hydrogens is 266 g/mol. The number of pyridine rings is 1. The quantitative estimate of drug-likeness (QED) is 0.794. The van der Waals surface area contributed by atoms with Gasteiger partial charge in [0.1, 0.15) is 12.4 Å². The number of carboxylic acids is 1. The lowest BCUT2D eigenvalue weighted by atomic mass is 10.1. The number of hydrogen-bond acceptors (Lipinski definition) is 3. The van der Waals surface area contributed by atoms with Crippen LogP contribution in [0.2, 0.25) is 0 Å². The first-order chi connectivity index (χ1) is 10.2. The van der Waals surface area contributed by atoms with Gasteiger partial charge in [-0.05, 0) is 42.0 Å². The molecule has 0 saturated carbocycles. The Morgan fingerprint density at radius 3 is 2.81 bits per heavy atom. The fourth-order valence-corrected chi connectivity index (χ4v) is 2.16. The number of aromatic nitrogens is 1. The van der Waals surface area contributed by atoms with Crippen LogP contribution in [-0.4, -0.2) is 16.1 Å². The van der Waals surface area contributed by atoms with Gasteiger partial charge >= 0.3 is 5.97 Å². The first kappa shape index (κ1) is 13.1. The van der Waals surface area contributed by atoms with Crippen LogP contribution in [0, 0.1) is 0 Å². The Morgan fingerprint density at radius 2 is 1.95 bits per heavy atom. The summed E-state index contributed by atoms with van der Waals surface area (Å²) in [5, 5.41) is 9.93. The Labute approximate surface area is 121 Å². The summed E-state index contributed by atoms with van der Waals surface area (Å²) in [7, 11) is 0. The second kappa shape index (κ2) is 5.63. The molecule has 0 radical (unpaired) electrons. The molecule has 0 spiro atoms. The van der Waals surface area contributed by atoms with E-state index in [0.717, 1.165) is 22.2 Å². The molecule has 3 rings (SSSR count). The van der Waals surface area contributed by atoms with Crippen molar-refractivity contribution in [3.8, 4) is 5.75 Å². The third-order valence-electron chi connectivity index (χ3n) is 3.17. The predicted molar refractivity (Wildman–Crippen MR) is 79.5 cm³/mol. The van der Waals surface area contributed by atoms with Gasteiger partial charge in [-0.1, -0.05) is 18.2 Å². The number of hydrogen-bond donors (Lipinski definition) is 1. The predicted octanol–water partition coefficient (Wildman–Crippen LogP) is 3.51. The molecule has 3 aromatic rings. The van der Waals surface area contributed by atoms with E-state index in [-0.39, 0.29) is 5.56 Å². The fourth-order valence-electron chi connectivity index (χ4n) is 2.16. The highest BCUT2D eigenvalue weighted by Gasteiger charge is 2.05. The van der Waals surface area contributed by atoms with Crippen molar-refractivity contribution in [2.75, 3.05) is 0 Å². The van der Waals surface area contributed by atoms with Crippen molar-refractivity contribution in [3.05, 3.63) is 71.9 Å². The molecule has 0 saturated heterocycles. The molecule has 0 aliphatic rings. The van der Waals surface area contributed by atoms with Gasteiger partial charge in [-0.15, -0.1) is 0 Å². The molecule has 1 heterocycles. The van der Waals surface area contributed by atoms with Crippen molar-refractivity contribution < 1.29 is 14.6 Å². The monoisotopic (exact) mass is 279 g/mol. The molecule has 1 N–H and O–H groups in total. The second-order valence-electron chi connectivity index (χ2n) is 4.62. The van der Waals surface area contributed by atoms with Crippen LogP contribution in [0.25, 0.3) is 10.9 Å². The van der Waals surface area contributed by atoms with E-state index in [0.29, 0.717) is 6.61 Å². The Bertz CT molecular complexity index is 793. The van der Waals surface area contributed by atoms with Crippen LogP contribution in [0.5, 0.6) is 5.75 Å². The topological polar surface area (TPSA) is 59.4 Å². The average molecular weight is 279 g/mol. The Balaban J connectivity index is 1.84. The molecule has 0 bridgehead atoms. The van der Waals surface area contributed by atoms with Crippen LogP contribution < -0.4 is 4.74 Å². The lowest BCUT2D eigenvalue weighted by Crippen LogP contribution is -2.00. The summed E-state index contributed by atoms with van der Waals surface area (Å²) >= 11 is 0. The zero-order valence-electron chi connectivity index (χ0n) is 11.2. The van der Waals surface area contributed by atoms with Crippen LogP contribution in [-0.2, 0) is 6.61 Å². The lowest BCUT2D eigenvalue weighted by Gasteiger charge is -2.09. The molecule has 0 amide bonds. The van der Waals surface area contributed by atoms with E-state index < -0.39 is 5.97 Å². The van der Waals surface area contributed by atoms with Crippen LogP contribution >= 0.6 is 0 Å². The smallest absolute Gasteiger partial charge is 0.335 e. The van der Waals surface area contributed by atoms with Gasteiger partial charge in [-0.2, -0.15) is 0 Å². The van der Waals surface area contributed by atoms with Crippen LogP contribution in [0.3, 0.4) is 0 Å². The summed E-state index contributed by atoms with van der Waals surface area (Å²) in [6, 6.07) is 16.2. The highest BCUT2D eigenvalue weighted by atomic mass is 16.5. The maximum absolute atomic E-state index is 11.0. The van der Waals surface area contributed by atoms with E-state index in [4.69, 9.17) is 9.84 Å². The summed E-state index contributed by atoms with van der Waals surface area (Å²) in [5.74, 6) is -0.201. The number of rotatable bonds is 4. The molecule has 0 unspecified atom stereocenters. The molecule has 0 aliphatic carbocycles. The molecule has 21 heavy (non-hydrogen) atoms. The largest absolute Gasteiger partial charge is 0.488 e. The van der Waals surface area contributed by atoms with E-state index in [1.54, 1.807) is 24.4 Å². The van der Waals surface area contributed by atoms with E-state index in [1.165, 1.54) is 0 Å². The number of carbonyl (C=O) groups is 1. The van der Waals surface area contributed by atoms with Crippen molar-refractivity contribution >= 4 is 16.9 Å². The van der Waals surface area contributed by atoms with Crippen molar-refractivity contribution in [2.24, 2.45) is 0 Å². The molecular formula is C17H13NO3. The second-order valence-corrected chi connectivity index (χ2v) is 4.62. The van der Waals surface area contributed by atoms with Gasteiger partial charge in [0.15, 0.2) is 0 Å². The normalized spacial score (nSPS) is 10.5. The third-order valence-corrected chi connectivity index (χ3v) is 3.17. The van der Waals surface area contributed by atoms with Gasteiger partial charge in [0, 0.05) is 11.6 Å². The van der Waals surface area contributed by atoms with Crippen molar-refractivity contribution in [1.29, 1.82) is 0 Å². The average Bonchev–Trinajstić information content (AvgIpc) is 2.53. The molecule has 0 aliphatic heterocycles. The summed E-state index contributed by atoms with van der Waals surface area (Å²) < 4.78 is 5.81. The summed E-state index contributed by atoms with van der Waals surface area (Å²) in [6.45, 7) is 0.315. The van der Waals surface area contributed by atoms with E-state index in [2.05, 4.69) is 4.98 Å². The molecule has 1 aromatic heterocycles. The number of benzene rings is 2. The minimum absolute atomic E-state index is 0.260. The lowest BCUT2D eigenvalue weighted by molar-refractivity contribution is 0.0696.